The molecule has 0 N–H and O–H groups in total. The highest BCUT2D eigenvalue weighted by Gasteiger charge is 2.28. The molecular formula is C15H29NO. The minimum absolute atomic E-state index is 0.221. The summed E-state index contributed by atoms with van der Waals surface area (Å²) >= 11 is 0. The first kappa shape index (κ1) is 14.7. The first-order valence-electron chi connectivity index (χ1n) is 7.49. The fraction of sp³-hybridized carbons (Fsp3) is 0.933. The van der Waals surface area contributed by atoms with Gasteiger partial charge >= 0.3 is 0 Å². The van der Waals surface area contributed by atoms with Crippen LogP contribution in [0.25, 0.3) is 0 Å². The van der Waals surface area contributed by atoms with E-state index in [1.54, 1.807) is 0 Å². The second kappa shape index (κ2) is 7.86. The number of ketones is 1. The van der Waals surface area contributed by atoms with Crippen LogP contribution >= 0.6 is 0 Å². The molecule has 0 spiro atoms. The van der Waals surface area contributed by atoms with Crippen molar-refractivity contribution in [3.8, 4) is 0 Å². The Bertz CT molecular complexity index is 227. The van der Waals surface area contributed by atoms with Gasteiger partial charge in [-0.25, -0.2) is 0 Å². The van der Waals surface area contributed by atoms with Crippen molar-refractivity contribution in [2.75, 3.05) is 6.54 Å². The van der Waals surface area contributed by atoms with Crippen molar-refractivity contribution in [3.63, 3.8) is 0 Å². The number of Topliss-reactive ketones (excluding diaryl/α,β-unsaturated/α-hetero) is 1. The Morgan fingerprint density at radius 2 is 2.06 bits per heavy atom. The number of carbonyl (C=O) groups is 1. The van der Waals surface area contributed by atoms with Gasteiger partial charge in [-0.05, 0) is 39.2 Å². The quantitative estimate of drug-likeness (QED) is 0.657. The molecule has 2 nitrogen and oxygen atoms in total. The number of unbranched alkanes of at least 4 members (excludes halogenated alkanes) is 1. The Morgan fingerprint density at radius 3 is 2.71 bits per heavy atom. The van der Waals surface area contributed by atoms with Crippen LogP contribution in [0.15, 0.2) is 0 Å². The molecule has 0 aromatic heterocycles. The average Bonchev–Trinajstić information content (AvgIpc) is 2.55. The fourth-order valence-corrected chi connectivity index (χ4v) is 2.75. The SMILES string of the molecule is CCCCN(C(C)CC)C1CCCCCC1=O. The maximum absolute atomic E-state index is 12.2. The molecule has 1 saturated carbocycles. The second-order valence-electron chi connectivity index (χ2n) is 5.43. The maximum atomic E-state index is 12.2. The van der Waals surface area contributed by atoms with Crippen molar-refractivity contribution in [2.45, 2.75) is 84.2 Å². The van der Waals surface area contributed by atoms with Crippen molar-refractivity contribution < 1.29 is 4.79 Å². The van der Waals surface area contributed by atoms with E-state index in [1.807, 2.05) is 0 Å². The molecule has 0 radical (unpaired) electrons. The molecule has 0 heterocycles. The Kier molecular flexibility index (Phi) is 6.79. The highest BCUT2D eigenvalue weighted by molar-refractivity contribution is 5.84. The highest BCUT2D eigenvalue weighted by atomic mass is 16.1. The Morgan fingerprint density at radius 1 is 1.29 bits per heavy atom. The van der Waals surface area contributed by atoms with Gasteiger partial charge in [0, 0.05) is 12.5 Å². The first-order valence-corrected chi connectivity index (χ1v) is 7.49. The summed E-state index contributed by atoms with van der Waals surface area (Å²) in [6, 6.07) is 0.771. The normalized spacial score (nSPS) is 23.8. The molecule has 17 heavy (non-hydrogen) atoms. The van der Waals surface area contributed by atoms with Crippen LogP contribution in [0.4, 0.5) is 0 Å². The lowest BCUT2D eigenvalue weighted by Gasteiger charge is -2.35. The molecule has 0 bridgehead atoms. The molecular weight excluding hydrogens is 210 g/mol. The predicted octanol–water partition coefficient (Wildman–Crippen LogP) is 3.79. The van der Waals surface area contributed by atoms with Crippen molar-refractivity contribution in [2.24, 2.45) is 0 Å². The minimum atomic E-state index is 0.221. The summed E-state index contributed by atoms with van der Waals surface area (Å²) in [4.78, 5) is 14.7. The molecule has 0 saturated heterocycles. The van der Waals surface area contributed by atoms with E-state index in [9.17, 15) is 4.79 Å². The van der Waals surface area contributed by atoms with E-state index in [0.29, 0.717) is 11.8 Å². The third-order valence-electron chi connectivity index (χ3n) is 4.10. The molecule has 0 aromatic rings. The molecule has 0 amide bonds. The summed E-state index contributed by atoms with van der Waals surface area (Å²) < 4.78 is 0. The molecule has 100 valence electrons. The summed E-state index contributed by atoms with van der Waals surface area (Å²) in [7, 11) is 0. The Balaban J connectivity index is 2.67. The number of hydrogen-bond acceptors (Lipinski definition) is 2. The van der Waals surface area contributed by atoms with Crippen LogP contribution in [0.3, 0.4) is 0 Å². The zero-order valence-electron chi connectivity index (χ0n) is 11.9. The zero-order valence-corrected chi connectivity index (χ0v) is 11.9. The van der Waals surface area contributed by atoms with Crippen LogP contribution in [-0.2, 0) is 4.79 Å². The van der Waals surface area contributed by atoms with E-state index < -0.39 is 0 Å². The molecule has 0 aliphatic heterocycles. The molecule has 1 fully saturated rings. The number of carbonyl (C=O) groups excluding carboxylic acids is 1. The van der Waals surface area contributed by atoms with Gasteiger partial charge in [-0.3, -0.25) is 9.69 Å². The number of hydrogen-bond donors (Lipinski definition) is 0. The molecule has 2 unspecified atom stereocenters. The summed E-state index contributed by atoms with van der Waals surface area (Å²) in [5.74, 6) is 0.499. The van der Waals surface area contributed by atoms with Gasteiger partial charge in [0.25, 0.3) is 0 Å². The van der Waals surface area contributed by atoms with Crippen molar-refractivity contribution >= 4 is 5.78 Å². The van der Waals surface area contributed by atoms with Crippen LogP contribution in [-0.4, -0.2) is 29.3 Å². The molecule has 0 aromatic carbocycles. The predicted molar refractivity (Wildman–Crippen MR) is 73.2 cm³/mol. The van der Waals surface area contributed by atoms with Crippen LogP contribution in [0.2, 0.25) is 0 Å². The van der Waals surface area contributed by atoms with Crippen LogP contribution in [0.5, 0.6) is 0 Å². The van der Waals surface area contributed by atoms with Gasteiger partial charge in [0.15, 0.2) is 0 Å². The Hall–Kier alpha value is -0.370. The lowest BCUT2D eigenvalue weighted by atomic mass is 10.0. The van der Waals surface area contributed by atoms with E-state index >= 15 is 0 Å². The zero-order chi connectivity index (χ0) is 12.7. The summed E-state index contributed by atoms with van der Waals surface area (Å²) in [6.45, 7) is 7.82. The third-order valence-corrected chi connectivity index (χ3v) is 4.10. The van der Waals surface area contributed by atoms with E-state index in [2.05, 4.69) is 25.7 Å². The molecule has 2 atom stereocenters. The van der Waals surface area contributed by atoms with Gasteiger partial charge in [-0.2, -0.15) is 0 Å². The standard InChI is InChI=1S/C15H29NO/c1-4-6-12-16(13(3)5-2)14-10-8-7-9-11-15(14)17/h13-14H,4-12H2,1-3H3. The van der Waals surface area contributed by atoms with Gasteiger partial charge < -0.3 is 0 Å². The lowest BCUT2D eigenvalue weighted by Crippen LogP contribution is -2.46. The highest BCUT2D eigenvalue weighted by Crippen LogP contribution is 2.22. The minimum Gasteiger partial charge on any atom is -0.298 e. The monoisotopic (exact) mass is 239 g/mol. The summed E-state index contributed by atoms with van der Waals surface area (Å²) in [5, 5.41) is 0. The van der Waals surface area contributed by atoms with Gasteiger partial charge in [-0.15, -0.1) is 0 Å². The van der Waals surface area contributed by atoms with Gasteiger partial charge in [0.1, 0.15) is 5.78 Å². The molecule has 1 aliphatic rings. The topological polar surface area (TPSA) is 20.3 Å². The maximum Gasteiger partial charge on any atom is 0.149 e. The van der Waals surface area contributed by atoms with Crippen molar-refractivity contribution in [1.82, 2.24) is 4.90 Å². The van der Waals surface area contributed by atoms with Crippen LogP contribution < -0.4 is 0 Å². The molecule has 1 rings (SSSR count). The van der Waals surface area contributed by atoms with E-state index in [4.69, 9.17) is 0 Å². The smallest absolute Gasteiger partial charge is 0.149 e. The van der Waals surface area contributed by atoms with Crippen molar-refractivity contribution in [3.05, 3.63) is 0 Å². The lowest BCUT2D eigenvalue weighted by molar-refractivity contribution is -0.125. The second-order valence-corrected chi connectivity index (χ2v) is 5.43. The largest absolute Gasteiger partial charge is 0.298 e. The van der Waals surface area contributed by atoms with Gasteiger partial charge in [0.2, 0.25) is 0 Å². The van der Waals surface area contributed by atoms with Crippen molar-refractivity contribution in [1.29, 1.82) is 0 Å². The average molecular weight is 239 g/mol. The summed E-state index contributed by atoms with van der Waals surface area (Å²) in [6.07, 6.45) is 9.06. The first-order chi connectivity index (χ1) is 8.20. The van der Waals surface area contributed by atoms with Gasteiger partial charge in [0.05, 0.1) is 6.04 Å². The van der Waals surface area contributed by atoms with Crippen LogP contribution in [0.1, 0.15) is 72.1 Å². The summed E-state index contributed by atoms with van der Waals surface area (Å²) in [5.41, 5.74) is 0. The number of rotatable bonds is 6. The molecule has 2 heteroatoms. The fourth-order valence-electron chi connectivity index (χ4n) is 2.75. The van der Waals surface area contributed by atoms with E-state index in [1.165, 1.54) is 25.7 Å². The Labute approximate surface area is 107 Å². The van der Waals surface area contributed by atoms with E-state index in [0.717, 1.165) is 32.2 Å². The third kappa shape index (κ3) is 4.42. The number of nitrogens with zero attached hydrogens (tertiary/aromatic N) is 1. The van der Waals surface area contributed by atoms with E-state index in [-0.39, 0.29) is 6.04 Å². The van der Waals surface area contributed by atoms with Crippen LogP contribution in [0, 0.1) is 0 Å². The molecule has 1 aliphatic carbocycles. The van der Waals surface area contributed by atoms with Gasteiger partial charge in [-0.1, -0.05) is 33.1 Å².